The van der Waals surface area contributed by atoms with Gasteiger partial charge in [-0.15, -0.1) is 0 Å². The fourth-order valence-corrected chi connectivity index (χ4v) is 5.85. The third-order valence-electron chi connectivity index (χ3n) is 6.02. The Morgan fingerprint density at radius 1 is 0.710 bits per heavy atom. The van der Waals surface area contributed by atoms with Crippen LogP contribution in [0.2, 0.25) is 0 Å². The molecular weight excluding hydrogens is 402 g/mol. The molecule has 1 aromatic carbocycles. The molecule has 0 heterocycles. The monoisotopic (exact) mass is 447 g/mol. The van der Waals surface area contributed by atoms with Crippen molar-refractivity contribution in [1.82, 2.24) is 0 Å². The molecule has 0 spiro atoms. The Kier molecular flexibility index (Phi) is 10.3. The number of rotatable bonds is 12. The molecule has 4 heteroatoms. The largest absolute Gasteiger partial charge is 0.333 e. The summed E-state index contributed by atoms with van der Waals surface area (Å²) in [5.41, 5.74) is 1.60. The highest BCUT2D eigenvalue weighted by Crippen LogP contribution is 2.38. The van der Waals surface area contributed by atoms with Crippen molar-refractivity contribution in [2.24, 2.45) is 10.8 Å². The molecular formula is C27H45NO2S. The maximum Gasteiger partial charge on any atom is 0.333 e. The predicted molar refractivity (Wildman–Crippen MR) is 133 cm³/mol. The molecule has 0 radical (unpaired) electrons. The molecule has 1 aromatic rings. The summed E-state index contributed by atoms with van der Waals surface area (Å²) in [6.07, 6.45) is 8.76. The Bertz CT molecular complexity index is 779. The molecule has 0 amide bonds. The Morgan fingerprint density at radius 2 is 1.10 bits per heavy atom. The van der Waals surface area contributed by atoms with Gasteiger partial charge in [-0.05, 0) is 55.6 Å². The van der Waals surface area contributed by atoms with Crippen LogP contribution >= 0.6 is 0 Å². The van der Waals surface area contributed by atoms with Crippen LogP contribution < -0.4 is 0 Å². The molecule has 0 atom stereocenters. The van der Waals surface area contributed by atoms with Gasteiger partial charge < -0.3 is 0 Å². The molecule has 0 bridgehead atoms. The smallest absolute Gasteiger partial charge is 0.293 e. The van der Waals surface area contributed by atoms with Crippen molar-refractivity contribution in [3.8, 4) is 0 Å². The molecule has 3 nitrogen and oxygen atoms in total. The molecule has 176 valence electrons. The minimum Gasteiger partial charge on any atom is -0.293 e. The summed E-state index contributed by atoms with van der Waals surface area (Å²) in [5.74, 6) is 0. The third-order valence-corrected chi connectivity index (χ3v) is 8.42. The van der Waals surface area contributed by atoms with Gasteiger partial charge in [-0.1, -0.05) is 84.9 Å². The van der Waals surface area contributed by atoms with Crippen molar-refractivity contribution in [2.45, 2.75) is 122 Å². The number of unbranched alkanes of at least 4 members (excludes halogenated alkanes) is 4. The van der Waals surface area contributed by atoms with Crippen molar-refractivity contribution >= 4 is 9.84 Å². The van der Waals surface area contributed by atoms with E-state index in [-0.39, 0.29) is 10.8 Å². The van der Waals surface area contributed by atoms with Crippen LogP contribution in [0.4, 0.5) is 0 Å². The lowest BCUT2D eigenvalue weighted by Crippen LogP contribution is -2.35. The topological polar surface area (TPSA) is 38.5 Å². The summed E-state index contributed by atoms with van der Waals surface area (Å²) >= 11 is 0. The molecule has 0 aliphatic rings. The van der Waals surface area contributed by atoms with Crippen molar-refractivity contribution in [3.63, 3.8) is 0 Å². The van der Waals surface area contributed by atoms with Gasteiger partial charge in [-0.3, -0.25) is 4.85 Å². The Labute approximate surface area is 192 Å². The van der Waals surface area contributed by atoms with Crippen molar-refractivity contribution in [3.05, 3.63) is 41.2 Å². The number of hydrogen-bond acceptors (Lipinski definition) is 2. The third kappa shape index (κ3) is 9.36. The average molecular weight is 448 g/mol. The SMILES string of the molecule is [C-]#[N+]C(CCCCCC(C)(C)C)(CCCCCC(C)(C)C)S(=O)(=O)c1ccc(C)cc1. The van der Waals surface area contributed by atoms with E-state index in [1.807, 2.05) is 19.1 Å². The second kappa shape index (κ2) is 11.5. The second-order valence-corrected chi connectivity index (χ2v) is 13.9. The Hall–Kier alpha value is -1.34. The van der Waals surface area contributed by atoms with Crippen LogP contribution in [0.3, 0.4) is 0 Å². The first-order valence-corrected chi connectivity index (χ1v) is 13.4. The van der Waals surface area contributed by atoms with E-state index in [2.05, 4.69) is 46.4 Å². The fraction of sp³-hybridized carbons (Fsp3) is 0.741. The zero-order valence-corrected chi connectivity index (χ0v) is 21.9. The maximum atomic E-state index is 13.6. The van der Waals surface area contributed by atoms with Crippen molar-refractivity contribution in [2.75, 3.05) is 0 Å². The van der Waals surface area contributed by atoms with Crippen LogP contribution in [0.1, 0.15) is 111 Å². The maximum absolute atomic E-state index is 13.6. The molecule has 31 heavy (non-hydrogen) atoms. The molecule has 0 unspecified atom stereocenters. The van der Waals surface area contributed by atoms with E-state index in [0.29, 0.717) is 17.7 Å². The van der Waals surface area contributed by atoms with Crippen LogP contribution in [-0.2, 0) is 9.84 Å². The van der Waals surface area contributed by atoms with Gasteiger partial charge in [-0.2, -0.15) is 0 Å². The van der Waals surface area contributed by atoms with Gasteiger partial charge >= 0.3 is 4.87 Å². The zero-order valence-electron chi connectivity index (χ0n) is 21.1. The van der Waals surface area contributed by atoms with Gasteiger partial charge in [0.25, 0.3) is 9.84 Å². The molecule has 0 fully saturated rings. The van der Waals surface area contributed by atoms with E-state index in [1.54, 1.807) is 12.1 Å². The predicted octanol–water partition coefficient (Wildman–Crippen LogP) is 8.38. The van der Waals surface area contributed by atoms with E-state index < -0.39 is 14.7 Å². The highest BCUT2D eigenvalue weighted by Gasteiger charge is 2.50. The molecule has 0 saturated heterocycles. The van der Waals surface area contributed by atoms with E-state index in [4.69, 9.17) is 6.57 Å². The summed E-state index contributed by atoms with van der Waals surface area (Å²) in [6, 6.07) is 7.00. The molecule has 0 N–H and O–H groups in total. The van der Waals surface area contributed by atoms with Crippen molar-refractivity contribution in [1.29, 1.82) is 0 Å². The highest BCUT2D eigenvalue weighted by atomic mass is 32.2. The first-order valence-electron chi connectivity index (χ1n) is 11.9. The quantitative estimate of drug-likeness (QED) is 0.238. The van der Waals surface area contributed by atoms with E-state index in [0.717, 1.165) is 56.9 Å². The van der Waals surface area contributed by atoms with Gasteiger partial charge in [0.2, 0.25) is 0 Å². The normalized spacial score (nSPS) is 13.2. The standard InChI is InChI=1S/C27H45NO2S/c1-23-15-17-24(18-16-23)31(29,30)27(28-8,21-13-9-11-19-25(2,3)4)22-14-10-12-20-26(5,6)7/h15-18H,9-14,19-22H2,1-7H3. The number of hydrogen-bond donors (Lipinski definition) is 0. The summed E-state index contributed by atoms with van der Waals surface area (Å²) in [4.78, 5) is 2.79. The van der Waals surface area contributed by atoms with Crippen molar-refractivity contribution < 1.29 is 8.42 Å². The van der Waals surface area contributed by atoms with Gasteiger partial charge in [-0.25, -0.2) is 15.0 Å². The Morgan fingerprint density at radius 3 is 1.45 bits per heavy atom. The first kappa shape index (κ1) is 27.7. The van der Waals surface area contributed by atoms with Gasteiger partial charge in [0.15, 0.2) is 0 Å². The minimum absolute atomic E-state index is 0.290. The van der Waals surface area contributed by atoms with Crippen LogP contribution in [0.5, 0.6) is 0 Å². The second-order valence-electron chi connectivity index (χ2n) is 11.6. The molecule has 0 aromatic heterocycles. The molecule has 1 rings (SSSR count). The molecule has 0 saturated carbocycles. The lowest BCUT2D eigenvalue weighted by molar-refractivity contribution is 0.349. The minimum atomic E-state index is -3.71. The lowest BCUT2D eigenvalue weighted by Gasteiger charge is -2.24. The van der Waals surface area contributed by atoms with E-state index in [9.17, 15) is 8.42 Å². The zero-order chi connectivity index (χ0) is 23.8. The van der Waals surface area contributed by atoms with Gasteiger partial charge in [0, 0.05) is 12.8 Å². The van der Waals surface area contributed by atoms with Crippen LogP contribution in [0.25, 0.3) is 4.85 Å². The molecule has 0 aliphatic heterocycles. The summed E-state index contributed by atoms with van der Waals surface area (Å²) in [7, 11) is -3.71. The summed E-state index contributed by atoms with van der Waals surface area (Å²) < 4.78 is 27.3. The van der Waals surface area contributed by atoms with E-state index in [1.165, 1.54) is 0 Å². The lowest BCUT2D eigenvalue weighted by atomic mass is 9.88. The first-order chi connectivity index (χ1) is 14.2. The van der Waals surface area contributed by atoms with Gasteiger partial charge in [0.05, 0.1) is 4.90 Å². The summed E-state index contributed by atoms with van der Waals surface area (Å²) in [6.45, 7) is 23.3. The fourth-order valence-electron chi connectivity index (χ4n) is 3.97. The number of nitrogens with zero attached hydrogens (tertiary/aromatic N) is 1. The molecule has 0 aliphatic carbocycles. The number of sulfone groups is 1. The van der Waals surface area contributed by atoms with Crippen LogP contribution in [-0.4, -0.2) is 13.3 Å². The van der Waals surface area contributed by atoms with Crippen LogP contribution in [0.15, 0.2) is 29.2 Å². The number of aryl methyl sites for hydroxylation is 1. The summed E-state index contributed by atoms with van der Waals surface area (Å²) in [5, 5.41) is 0. The highest BCUT2D eigenvalue weighted by molar-refractivity contribution is 7.93. The average Bonchev–Trinajstić information content (AvgIpc) is 2.64. The number of benzene rings is 1. The van der Waals surface area contributed by atoms with E-state index >= 15 is 0 Å². The van der Waals surface area contributed by atoms with Gasteiger partial charge in [0.1, 0.15) is 0 Å². The van der Waals surface area contributed by atoms with Crippen LogP contribution in [0, 0.1) is 24.3 Å². The Balaban J connectivity index is 2.95.